The molecule has 0 fully saturated rings. The number of hydrazone groups is 1. The summed E-state index contributed by atoms with van der Waals surface area (Å²) >= 11 is 5.95. The van der Waals surface area contributed by atoms with Crippen molar-refractivity contribution in [1.29, 1.82) is 0 Å². The number of rotatable bonds is 5. The highest BCUT2D eigenvalue weighted by molar-refractivity contribution is 6.32. The molecule has 0 unspecified atom stereocenters. The van der Waals surface area contributed by atoms with Crippen molar-refractivity contribution in [3.05, 3.63) is 63.7 Å². The quantitative estimate of drug-likeness (QED) is 0.669. The van der Waals surface area contributed by atoms with Crippen molar-refractivity contribution in [2.75, 3.05) is 6.61 Å². The summed E-state index contributed by atoms with van der Waals surface area (Å²) in [5, 5.41) is 4.46. The minimum Gasteiger partial charge on any atom is -0.482 e. The summed E-state index contributed by atoms with van der Waals surface area (Å²) < 4.78 is 5.35. The molecule has 0 bridgehead atoms. The molecule has 0 aliphatic carbocycles. The van der Waals surface area contributed by atoms with E-state index >= 15 is 0 Å². The lowest BCUT2D eigenvalue weighted by Crippen LogP contribution is -2.24. The van der Waals surface area contributed by atoms with E-state index in [-0.39, 0.29) is 12.5 Å². The fourth-order valence-electron chi connectivity index (χ4n) is 2.30. The van der Waals surface area contributed by atoms with Crippen LogP contribution in [-0.4, -0.2) is 18.7 Å². The topological polar surface area (TPSA) is 50.7 Å². The van der Waals surface area contributed by atoms with Gasteiger partial charge in [0, 0.05) is 5.56 Å². The first-order chi connectivity index (χ1) is 11.0. The molecule has 0 aliphatic rings. The zero-order valence-electron chi connectivity index (χ0n) is 13.4. The number of carbonyl (C=O) groups excluding carboxylic acids is 1. The third-order valence-electron chi connectivity index (χ3n) is 3.32. The van der Waals surface area contributed by atoms with E-state index in [2.05, 4.69) is 29.6 Å². The maximum Gasteiger partial charge on any atom is 0.277 e. The Morgan fingerprint density at radius 3 is 2.52 bits per heavy atom. The minimum absolute atomic E-state index is 0.146. The van der Waals surface area contributed by atoms with E-state index in [1.807, 2.05) is 13.8 Å². The van der Waals surface area contributed by atoms with Gasteiger partial charge in [0.15, 0.2) is 6.61 Å². The smallest absolute Gasteiger partial charge is 0.277 e. The Balaban J connectivity index is 1.91. The van der Waals surface area contributed by atoms with Gasteiger partial charge in [-0.2, -0.15) is 5.10 Å². The van der Waals surface area contributed by atoms with Crippen LogP contribution in [0.1, 0.15) is 22.3 Å². The van der Waals surface area contributed by atoms with Crippen LogP contribution in [-0.2, 0) is 4.79 Å². The molecule has 0 saturated carbocycles. The first kappa shape index (κ1) is 17.0. The maximum atomic E-state index is 11.7. The van der Waals surface area contributed by atoms with E-state index in [0.29, 0.717) is 10.8 Å². The average Bonchev–Trinajstić information content (AvgIpc) is 2.49. The van der Waals surface area contributed by atoms with Crippen molar-refractivity contribution < 1.29 is 9.53 Å². The number of amides is 1. The fraction of sp³-hybridized carbons (Fsp3) is 0.222. The number of aryl methyl sites for hydroxylation is 3. The molecule has 0 aliphatic heterocycles. The molecule has 1 amide bonds. The molecule has 2 aromatic carbocycles. The Morgan fingerprint density at radius 2 is 1.87 bits per heavy atom. The standard InChI is InChI=1S/C18H19ClN2O2/c1-12-8-13(2)15(14(3)9-12)10-20-21-18(22)11-23-17-7-5-4-6-16(17)19/h4-10H,11H2,1-3H3,(H,21,22)/b20-10+. The number of para-hydroxylation sites is 1. The van der Waals surface area contributed by atoms with Crippen molar-refractivity contribution >= 4 is 23.7 Å². The molecule has 2 aromatic rings. The third kappa shape index (κ3) is 4.83. The predicted molar refractivity (Wildman–Crippen MR) is 93.3 cm³/mol. The van der Waals surface area contributed by atoms with Gasteiger partial charge in [-0.3, -0.25) is 4.79 Å². The molecule has 2 rings (SSSR count). The van der Waals surface area contributed by atoms with Crippen LogP contribution in [0.2, 0.25) is 5.02 Å². The number of nitrogens with one attached hydrogen (secondary N) is 1. The van der Waals surface area contributed by atoms with Gasteiger partial charge < -0.3 is 4.74 Å². The predicted octanol–water partition coefficient (Wildman–Crippen LogP) is 3.79. The molecule has 4 nitrogen and oxygen atoms in total. The lowest BCUT2D eigenvalue weighted by molar-refractivity contribution is -0.123. The summed E-state index contributed by atoms with van der Waals surface area (Å²) in [5.41, 5.74) is 6.89. The minimum atomic E-state index is -0.344. The Morgan fingerprint density at radius 1 is 1.22 bits per heavy atom. The number of halogens is 1. The molecule has 1 N–H and O–H groups in total. The van der Waals surface area contributed by atoms with E-state index in [0.717, 1.165) is 16.7 Å². The van der Waals surface area contributed by atoms with Gasteiger partial charge in [-0.15, -0.1) is 0 Å². The van der Waals surface area contributed by atoms with Crippen molar-refractivity contribution in [1.82, 2.24) is 5.43 Å². The Labute approximate surface area is 141 Å². The van der Waals surface area contributed by atoms with Crippen molar-refractivity contribution in [3.63, 3.8) is 0 Å². The molecular weight excluding hydrogens is 312 g/mol. The van der Waals surface area contributed by atoms with Gasteiger partial charge >= 0.3 is 0 Å². The van der Waals surface area contributed by atoms with Crippen molar-refractivity contribution in [2.24, 2.45) is 5.10 Å². The third-order valence-corrected chi connectivity index (χ3v) is 3.63. The Kier molecular flexibility index (Phi) is 5.77. The largest absolute Gasteiger partial charge is 0.482 e. The molecule has 0 saturated heterocycles. The summed E-state index contributed by atoms with van der Waals surface area (Å²) in [5.74, 6) is 0.127. The van der Waals surface area contributed by atoms with Crippen LogP contribution in [0.4, 0.5) is 0 Å². The summed E-state index contributed by atoms with van der Waals surface area (Å²) in [6.45, 7) is 5.94. The zero-order valence-corrected chi connectivity index (χ0v) is 14.1. The van der Waals surface area contributed by atoms with Crippen LogP contribution >= 0.6 is 11.6 Å². The molecule has 0 aromatic heterocycles. The molecular formula is C18H19ClN2O2. The van der Waals surface area contributed by atoms with Crippen LogP contribution in [0.25, 0.3) is 0 Å². The summed E-state index contributed by atoms with van der Waals surface area (Å²) in [4.78, 5) is 11.7. The molecule has 0 spiro atoms. The van der Waals surface area contributed by atoms with Gasteiger partial charge in [0.05, 0.1) is 11.2 Å². The van der Waals surface area contributed by atoms with Crippen LogP contribution in [0.3, 0.4) is 0 Å². The number of hydrogen-bond donors (Lipinski definition) is 1. The van der Waals surface area contributed by atoms with Crippen LogP contribution in [0, 0.1) is 20.8 Å². The van der Waals surface area contributed by atoms with Gasteiger partial charge in [0.25, 0.3) is 5.91 Å². The maximum absolute atomic E-state index is 11.7. The molecule has 0 radical (unpaired) electrons. The van der Waals surface area contributed by atoms with Crippen LogP contribution < -0.4 is 10.2 Å². The number of carbonyl (C=O) groups is 1. The highest BCUT2D eigenvalue weighted by Crippen LogP contribution is 2.22. The normalized spacial score (nSPS) is 10.8. The molecule has 23 heavy (non-hydrogen) atoms. The monoisotopic (exact) mass is 330 g/mol. The van der Waals surface area contributed by atoms with E-state index < -0.39 is 0 Å². The zero-order chi connectivity index (χ0) is 16.8. The average molecular weight is 331 g/mol. The van der Waals surface area contributed by atoms with E-state index in [1.54, 1.807) is 30.5 Å². The first-order valence-corrected chi connectivity index (χ1v) is 7.62. The lowest BCUT2D eigenvalue weighted by atomic mass is 10.0. The number of benzene rings is 2. The fourth-order valence-corrected chi connectivity index (χ4v) is 2.49. The van der Waals surface area contributed by atoms with Gasteiger partial charge in [0.2, 0.25) is 0 Å². The number of ether oxygens (including phenoxy) is 1. The van der Waals surface area contributed by atoms with Gasteiger partial charge in [-0.1, -0.05) is 41.4 Å². The number of hydrogen-bond acceptors (Lipinski definition) is 3. The second-order valence-electron chi connectivity index (χ2n) is 5.32. The first-order valence-electron chi connectivity index (χ1n) is 7.24. The molecule has 0 heterocycles. The molecule has 5 heteroatoms. The van der Waals surface area contributed by atoms with Crippen molar-refractivity contribution in [3.8, 4) is 5.75 Å². The lowest BCUT2D eigenvalue weighted by Gasteiger charge is -2.07. The number of nitrogens with zero attached hydrogens (tertiary/aromatic N) is 1. The Bertz CT molecular complexity index is 719. The van der Waals surface area contributed by atoms with Crippen molar-refractivity contribution in [2.45, 2.75) is 20.8 Å². The SMILES string of the molecule is Cc1cc(C)c(/C=N/NC(=O)COc2ccccc2Cl)c(C)c1. The van der Waals surface area contributed by atoms with Crippen LogP contribution in [0.15, 0.2) is 41.5 Å². The summed E-state index contributed by atoms with van der Waals surface area (Å²) in [7, 11) is 0. The second kappa shape index (κ2) is 7.79. The summed E-state index contributed by atoms with van der Waals surface area (Å²) in [6.07, 6.45) is 1.65. The van der Waals surface area contributed by atoms with E-state index in [9.17, 15) is 4.79 Å². The van der Waals surface area contributed by atoms with Gasteiger partial charge in [0.1, 0.15) is 5.75 Å². The highest BCUT2D eigenvalue weighted by atomic mass is 35.5. The van der Waals surface area contributed by atoms with Gasteiger partial charge in [-0.05, 0) is 44.0 Å². The van der Waals surface area contributed by atoms with E-state index in [1.165, 1.54) is 5.56 Å². The second-order valence-corrected chi connectivity index (χ2v) is 5.73. The summed E-state index contributed by atoms with van der Waals surface area (Å²) in [6, 6.07) is 11.2. The van der Waals surface area contributed by atoms with E-state index in [4.69, 9.17) is 16.3 Å². The molecule has 120 valence electrons. The van der Waals surface area contributed by atoms with Gasteiger partial charge in [-0.25, -0.2) is 5.43 Å². The van der Waals surface area contributed by atoms with Crippen LogP contribution in [0.5, 0.6) is 5.75 Å². The highest BCUT2D eigenvalue weighted by Gasteiger charge is 2.05. The Hall–Kier alpha value is -2.33. The molecule has 0 atom stereocenters.